The Balaban J connectivity index is 2.99. The van der Waals surface area contributed by atoms with Gasteiger partial charge >= 0.3 is 0 Å². The first-order chi connectivity index (χ1) is 9.01. The van der Waals surface area contributed by atoms with Crippen molar-refractivity contribution in [2.24, 2.45) is 0 Å². The quantitative estimate of drug-likeness (QED) is 0.775. The van der Waals surface area contributed by atoms with E-state index in [1.165, 1.54) is 0 Å². The molecule has 1 amide bonds. The molecule has 0 saturated carbocycles. The van der Waals surface area contributed by atoms with Crippen molar-refractivity contribution in [2.75, 3.05) is 35.4 Å². The molecule has 19 heavy (non-hydrogen) atoms. The zero-order valence-corrected chi connectivity index (χ0v) is 11.9. The molecular formula is C13H20N2O4. The van der Waals surface area contributed by atoms with E-state index < -0.39 is 0 Å². The highest BCUT2D eigenvalue weighted by Gasteiger charge is 2.14. The summed E-state index contributed by atoms with van der Waals surface area (Å²) in [4.78, 5) is 11.7. The molecule has 6 nitrogen and oxygen atoms in total. The Morgan fingerprint density at radius 3 is 2.00 bits per heavy atom. The van der Waals surface area contributed by atoms with Crippen molar-refractivity contribution in [1.29, 1.82) is 0 Å². The van der Waals surface area contributed by atoms with E-state index in [1.54, 1.807) is 52.6 Å². The van der Waals surface area contributed by atoms with Crippen LogP contribution in [0.2, 0.25) is 0 Å². The first-order valence-corrected chi connectivity index (χ1v) is 5.77. The lowest BCUT2D eigenvalue weighted by Crippen LogP contribution is -2.37. The van der Waals surface area contributed by atoms with Crippen LogP contribution in [0.15, 0.2) is 12.1 Å². The van der Waals surface area contributed by atoms with Crippen LogP contribution in [0, 0.1) is 0 Å². The van der Waals surface area contributed by atoms with Gasteiger partial charge < -0.3 is 14.2 Å². The summed E-state index contributed by atoms with van der Waals surface area (Å²) in [6.07, 6.45) is 0.231. The molecule has 0 aliphatic heterocycles. The summed E-state index contributed by atoms with van der Waals surface area (Å²) in [6.45, 7) is 0. The van der Waals surface area contributed by atoms with Crippen LogP contribution in [0.5, 0.6) is 17.2 Å². The van der Waals surface area contributed by atoms with Crippen LogP contribution in [0.1, 0.15) is 5.56 Å². The Labute approximate surface area is 113 Å². The molecule has 1 aromatic rings. The molecule has 0 radical (unpaired) electrons. The molecule has 106 valence electrons. The first-order valence-electron chi connectivity index (χ1n) is 5.77. The van der Waals surface area contributed by atoms with Crippen molar-refractivity contribution in [3.8, 4) is 17.2 Å². The number of amides is 1. The number of hydrogen-bond acceptors (Lipinski definition) is 5. The predicted molar refractivity (Wildman–Crippen MR) is 71.6 cm³/mol. The molecule has 1 rings (SSSR count). The van der Waals surface area contributed by atoms with E-state index in [2.05, 4.69) is 5.43 Å². The highest BCUT2D eigenvalue weighted by molar-refractivity contribution is 5.78. The van der Waals surface area contributed by atoms with E-state index in [0.717, 1.165) is 5.56 Å². The minimum Gasteiger partial charge on any atom is -0.493 e. The Kier molecular flexibility index (Phi) is 5.44. The van der Waals surface area contributed by atoms with Crippen LogP contribution in [-0.4, -0.2) is 46.3 Å². The third-order valence-corrected chi connectivity index (χ3v) is 2.44. The third kappa shape index (κ3) is 4.03. The normalized spacial score (nSPS) is 10.2. The number of hydrogen-bond donors (Lipinski definition) is 1. The Morgan fingerprint density at radius 1 is 1.11 bits per heavy atom. The number of benzene rings is 1. The highest BCUT2D eigenvalue weighted by atomic mass is 16.5. The van der Waals surface area contributed by atoms with Crippen molar-refractivity contribution in [3.63, 3.8) is 0 Å². The number of hydrazine groups is 1. The second-order valence-corrected chi connectivity index (χ2v) is 4.14. The van der Waals surface area contributed by atoms with Crippen LogP contribution >= 0.6 is 0 Å². The summed E-state index contributed by atoms with van der Waals surface area (Å²) in [7, 11) is 8.14. The molecule has 0 aliphatic rings. The number of carbonyl (C=O) groups excluding carboxylic acids is 1. The zero-order chi connectivity index (χ0) is 14.4. The van der Waals surface area contributed by atoms with Gasteiger partial charge in [0.1, 0.15) is 0 Å². The fourth-order valence-corrected chi connectivity index (χ4v) is 1.71. The number of methoxy groups -OCH3 is 3. The summed E-state index contributed by atoms with van der Waals surface area (Å²) in [6, 6.07) is 3.52. The maximum absolute atomic E-state index is 11.7. The molecule has 0 aromatic heterocycles. The molecule has 1 aromatic carbocycles. The zero-order valence-electron chi connectivity index (χ0n) is 11.9. The van der Waals surface area contributed by atoms with Gasteiger partial charge in [-0.25, -0.2) is 5.01 Å². The van der Waals surface area contributed by atoms with E-state index in [9.17, 15) is 4.79 Å². The lowest BCUT2D eigenvalue weighted by Gasteiger charge is -2.15. The first kappa shape index (κ1) is 15.1. The molecule has 0 spiro atoms. The highest BCUT2D eigenvalue weighted by Crippen LogP contribution is 2.38. The monoisotopic (exact) mass is 268 g/mol. The third-order valence-electron chi connectivity index (χ3n) is 2.44. The molecule has 0 unspecified atom stereocenters. The fraction of sp³-hybridized carbons (Fsp3) is 0.462. The number of nitrogens with zero attached hydrogens (tertiary/aromatic N) is 1. The van der Waals surface area contributed by atoms with Gasteiger partial charge in [0.25, 0.3) is 0 Å². The maximum Gasteiger partial charge on any atom is 0.238 e. The molecule has 1 N–H and O–H groups in total. The van der Waals surface area contributed by atoms with E-state index in [-0.39, 0.29) is 12.3 Å². The number of nitrogens with one attached hydrogen (secondary N) is 1. The molecule has 0 saturated heterocycles. The molecule has 0 heterocycles. The minimum absolute atomic E-state index is 0.112. The van der Waals surface area contributed by atoms with Gasteiger partial charge in [0.2, 0.25) is 11.7 Å². The van der Waals surface area contributed by atoms with Crippen LogP contribution in [0.4, 0.5) is 0 Å². The van der Waals surface area contributed by atoms with Gasteiger partial charge in [-0.2, -0.15) is 0 Å². The van der Waals surface area contributed by atoms with Gasteiger partial charge in [0, 0.05) is 14.1 Å². The smallest absolute Gasteiger partial charge is 0.238 e. The summed E-state index contributed by atoms with van der Waals surface area (Å²) in [5.74, 6) is 1.48. The standard InChI is InChI=1S/C13H20N2O4/c1-15(2)14-12(16)8-9-6-10(17-3)13(19-5)11(7-9)18-4/h6-7H,8H2,1-5H3,(H,14,16). The average molecular weight is 268 g/mol. The number of carbonyl (C=O) groups is 1. The Hall–Kier alpha value is -1.95. The summed E-state index contributed by atoms with van der Waals surface area (Å²) < 4.78 is 15.7. The topological polar surface area (TPSA) is 60.0 Å². The fourth-order valence-electron chi connectivity index (χ4n) is 1.71. The van der Waals surface area contributed by atoms with Crippen molar-refractivity contribution in [2.45, 2.75) is 6.42 Å². The van der Waals surface area contributed by atoms with E-state index in [0.29, 0.717) is 17.2 Å². The van der Waals surface area contributed by atoms with E-state index >= 15 is 0 Å². The largest absolute Gasteiger partial charge is 0.493 e. The average Bonchev–Trinajstić information content (AvgIpc) is 2.36. The van der Waals surface area contributed by atoms with Crippen LogP contribution < -0.4 is 19.6 Å². The van der Waals surface area contributed by atoms with Crippen molar-refractivity contribution < 1.29 is 19.0 Å². The van der Waals surface area contributed by atoms with Crippen molar-refractivity contribution in [1.82, 2.24) is 10.4 Å². The predicted octanol–water partition coefficient (Wildman–Crippen LogP) is 0.848. The molecule has 6 heteroatoms. The van der Waals surface area contributed by atoms with E-state index in [4.69, 9.17) is 14.2 Å². The van der Waals surface area contributed by atoms with Crippen LogP contribution in [0.25, 0.3) is 0 Å². The number of rotatable bonds is 6. The SMILES string of the molecule is COc1cc(CC(=O)NN(C)C)cc(OC)c1OC. The van der Waals surface area contributed by atoms with Gasteiger partial charge in [0.05, 0.1) is 27.8 Å². The maximum atomic E-state index is 11.7. The minimum atomic E-state index is -0.112. The summed E-state index contributed by atoms with van der Waals surface area (Å²) in [5, 5.41) is 1.60. The summed E-state index contributed by atoms with van der Waals surface area (Å²) >= 11 is 0. The molecule has 0 bridgehead atoms. The summed E-state index contributed by atoms with van der Waals surface area (Å²) in [5.41, 5.74) is 3.46. The van der Waals surface area contributed by atoms with Crippen molar-refractivity contribution >= 4 is 5.91 Å². The van der Waals surface area contributed by atoms with Crippen LogP contribution in [-0.2, 0) is 11.2 Å². The van der Waals surface area contributed by atoms with Crippen molar-refractivity contribution in [3.05, 3.63) is 17.7 Å². The van der Waals surface area contributed by atoms with Crippen LogP contribution in [0.3, 0.4) is 0 Å². The van der Waals surface area contributed by atoms with Gasteiger partial charge in [-0.3, -0.25) is 10.2 Å². The lowest BCUT2D eigenvalue weighted by molar-refractivity contribution is -0.124. The number of ether oxygens (including phenoxy) is 3. The molecule has 0 fully saturated rings. The van der Waals surface area contributed by atoms with Gasteiger partial charge in [0.15, 0.2) is 11.5 Å². The molecule has 0 atom stereocenters. The van der Waals surface area contributed by atoms with Gasteiger partial charge in [-0.15, -0.1) is 0 Å². The molecular weight excluding hydrogens is 248 g/mol. The Morgan fingerprint density at radius 2 is 1.63 bits per heavy atom. The second kappa shape index (κ2) is 6.84. The lowest BCUT2D eigenvalue weighted by atomic mass is 10.1. The van der Waals surface area contributed by atoms with E-state index in [1.807, 2.05) is 0 Å². The Bertz CT molecular complexity index is 421. The van der Waals surface area contributed by atoms with Gasteiger partial charge in [-0.05, 0) is 17.7 Å². The van der Waals surface area contributed by atoms with Gasteiger partial charge in [-0.1, -0.05) is 0 Å². The molecule has 0 aliphatic carbocycles. The second-order valence-electron chi connectivity index (χ2n) is 4.14.